The van der Waals surface area contributed by atoms with Gasteiger partial charge in [0.1, 0.15) is 12.4 Å². The zero-order valence-corrected chi connectivity index (χ0v) is 14.5. The maximum Gasteiger partial charge on any atom is 0.435 e. The zero-order chi connectivity index (χ0) is 18.9. The van der Waals surface area contributed by atoms with E-state index in [-0.39, 0.29) is 5.69 Å². The Kier molecular flexibility index (Phi) is 4.82. The predicted octanol–water partition coefficient (Wildman–Crippen LogP) is 4.92. The molecule has 0 aliphatic rings. The Hall–Kier alpha value is -2.67. The van der Waals surface area contributed by atoms with E-state index in [0.717, 1.165) is 16.3 Å². The van der Waals surface area contributed by atoms with Crippen LogP contribution in [0.1, 0.15) is 11.3 Å². The maximum absolute atomic E-state index is 12.8. The van der Waals surface area contributed by atoms with E-state index in [1.54, 1.807) is 30.3 Å². The quantitative estimate of drug-likeness (QED) is 0.652. The van der Waals surface area contributed by atoms with Crippen molar-refractivity contribution < 1.29 is 17.9 Å². The molecule has 0 atom stereocenters. The van der Waals surface area contributed by atoms with E-state index >= 15 is 0 Å². The van der Waals surface area contributed by atoms with E-state index in [9.17, 15) is 13.2 Å². The second-order valence-electron chi connectivity index (χ2n) is 5.70. The van der Waals surface area contributed by atoms with Gasteiger partial charge in [0.05, 0.1) is 5.69 Å². The average molecular weight is 382 g/mol. The molecular formula is C18H15ClF3N3O. The van der Waals surface area contributed by atoms with Crippen molar-refractivity contribution in [3.05, 3.63) is 64.8 Å². The fraction of sp³-hybridized carbons (Fsp3) is 0.167. The Morgan fingerprint density at radius 3 is 2.38 bits per heavy atom. The summed E-state index contributed by atoms with van der Waals surface area (Å²) in [5.41, 5.74) is 7.01. The van der Waals surface area contributed by atoms with E-state index in [2.05, 4.69) is 5.10 Å². The Balaban J connectivity index is 1.79. The van der Waals surface area contributed by atoms with Crippen LogP contribution in [-0.2, 0) is 19.8 Å². The van der Waals surface area contributed by atoms with E-state index in [0.29, 0.717) is 28.6 Å². The first kappa shape index (κ1) is 18.1. The van der Waals surface area contributed by atoms with Gasteiger partial charge in [-0.2, -0.15) is 18.3 Å². The molecule has 0 radical (unpaired) electrons. The molecule has 8 heteroatoms. The van der Waals surface area contributed by atoms with E-state index in [1.165, 1.54) is 7.05 Å². The molecule has 0 aliphatic carbocycles. The zero-order valence-electron chi connectivity index (χ0n) is 13.7. The monoisotopic (exact) mass is 381 g/mol. The number of ether oxygens (including phenoxy) is 1. The number of halogens is 4. The number of nitrogens with zero attached hydrogens (tertiary/aromatic N) is 2. The molecule has 4 nitrogen and oxygen atoms in total. The fourth-order valence-electron chi connectivity index (χ4n) is 2.47. The van der Waals surface area contributed by atoms with Crippen LogP contribution in [0, 0.1) is 0 Å². The first-order valence-corrected chi connectivity index (χ1v) is 8.00. The van der Waals surface area contributed by atoms with Crippen LogP contribution in [0.5, 0.6) is 5.75 Å². The molecule has 0 aliphatic heterocycles. The van der Waals surface area contributed by atoms with Gasteiger partial charge < -0.3 is 10.5 Å². The molecule has 1 heterocycles. The standard InChI is InChI=1S/C18H15ClF3N3O/c1-25-16(9-17(24-25)18(20,21)22)14-7-6-13(8-15(14)23)26-10-11-2-4-12(19)5-3-11/h2-9H,10,23H2,1H3. The molecule has 0 saturated carbocycles. The molecule has 2 aromatic carbocycles. The van der Waals surface area contributed by atoms with Gasteiger partial charge in [-0.1, -0.05) is 23.7 Å². The SMILES string of the molecule is Cn1nc(C(F)(F)F)cc1-c1ccc(OCc2ccc(Cl)cc2)cc1N. The van der Waals surface area contributed by atoms with Crippen molar-refractivity contribution in [2.24, 2.45) is 7.05 Å². The van der Waals surface area contributed by atoms with Gasteiger partial charge in [-0.25, -0.2) is 0 Å². The van der Waals surface area contributed by atoms with Crippen LogP contribution >= 0.6 is 11.6 Å². The minimum Gasteiger partial charge on any atom is -0.489 e. The highest BCUT2D eigenvalue weighted by Gasteiger charge is 2.34. The van der Waals surface area contributed by atoms with Gasteiger partial charge in [-0.3, -0.25) is 4.68 Å². The molecule has 26 heavy (non-hydrogen) atoms. The number of hydrogen-bond acceptors (Lipinski definition) is 3. The number of benzene rings is 2. The Labute approximate surface area is 153 Å². The van der Waals surface area contributed by atoms with Crippen LogP contribution in [0.2, 0.25) is 5.02 Å². The van der Waals surface area contributed by atoms with E-state index < -0.39 is 11.9 Å². The van der Waals surface area contributed by atoms with Gasteiger partial charge in [0.2, 0.25) is 0 Å². The highest BCUT2D eigenvalue weighted by molar-refractivity contribution is 6.30. The summed E-state index contributed by atoms with van der Waals surface area (Å²) in [7, 11) is 1.44. The second kappa shape index (κ2) is 6.92. The number of alkyl halides is 3. The van der Waals surface area contributed by atoms with Crippen molar-refractivity contribution in [1.29, 1.82) is 0 Å². The van der Waals surface area contributed by atoms with Crippen molar-refractivity contribution in [3.63, 3.8) is 0 Å². The number of nitrogens with two attached hydrogens (primary N) is 1. The lowest BCUT2D eigenvalue weighted by Crippen LogP contribution is -2.06. The molecule has 0 fully saturated rings. The summed E-state index contributed by atoms with van der Waals surface area (Å²) in [5.74, 6) is 0.513. The number of rotatable bonds is 4. The molecule has 0 spiro atoms. The van der Waals surface area contributed by atoms with Gasteiger partial charge >= 0.3 is 6.18 Å². The topological polar surface area (TPSA) is 53.1 Å². The highest BCUT2D eigenvalue weighted by atomic mass is 35.5. The molecule has 0 bridgehead atoms. The molecule has 2 N–H and O–H groups in total. The first-order chi connectivity index (χ1) is 12.2. The Morgan fingerprint density at radius 2 is 1.81 bits per heavy atom. The molecule has 3 aromatic rings. The van der Waals surface area contributed by atoms with Crippen molar-refractivity contribution >= 4 is 17.3 Å². The molecule has 3 rings (SSSR count). The van der Waals surface area contributed by atoms with Gasteiger partial charge in [0.15, 0.2) is 5.69 Å². The van der Waals surface area contributed by atoms with Crippen LogP contribution < -0.4 is 10.5 Å². The Morgan fingerprint density at radius 1 is 1.12 bits per heavy atom. The second-order valence-corrected chi connectivity index (χ2v) is 6.14. The van der Waals surface area contributed by atoms with Crippen molar-refractivity contribution in [1.82, 2.24) is 9.78 Å². The molecule has 1 aromatic heterocycles. The summed E-state index contributed by atoms with van der Waals surface area (Å²) in [4.78, 5) is 0. The third kappa shape index (κ3) is 3.94. The summed E-state index contributed by atoms with van der Waals surface area (Å²) in [6.07, 6.45) is -4.51. The van der Waals surface area contributed by atoms with Crippen molar-refractivity contribution in [2.45, 2.75) is 12.8 Å². The minimum atomic E-state index is -4.51. The predicted molar refractivity (Wildman–Crippen MR) is 93.8 cm³/mol. The van der Waals surface area contributed by atoms with Gasteiger partial charge in [0.25, 0.3) is 0 Å². The number of aryl methyl sites for hydroxylation is 1. The lowest BCUT2D eigenvalue weighted by atomic mass is 10.1. The fourth-order valence-corrected chi connectivity index (χ4v) is 2.59. The normalized spacial score (nSPS) is 11.6. The van der Waals surface area contributed by atoms with Gasteiger partial charge in [-0.05, 0) is 35.9 Å². The highest BCUT2D eigenvalue weighted by Crippen LogP contribution is 2.34. The van der Waals surface area contributed by atoms with Crippen LogP contribution in [0.4, 0.5) is 18.9 Å². The number of nitrogen functional groups attached to an aromatic ring is 1. The summed E-state index contributed by atoms with van der Waals surface area (Å²) < 4.78 is 45.3. The van der Waals surface area contributed by atoms with E-state index in [4.69, 9.17) is 22.1 Å². The third-order valence-corrected chi connectivity index (χ3v) is 4.04. The van der Waals surface area contributed by atoms with Crippen LogP contribution in [0.3, 0.4) is 0 Å². The molecule has 0 saturated heterocycles. The van der Waals surface area contributed by atoms with Crippen LogP contribution in [-0.4, -0.2) is 9.78 Å². The largest absolute Gasteiger partial charge is 0.489 e. The lowest BCUT2D eigenvalue weighted by molar-refractivity contribution is -0.141. The van der Waals surface area contributed by atoms with E-state index in [1.807, 2.05) is 12.1 Å². The van der Waals surface area contributed by atoms with Gasteiger partial charge in [0, 0.05) is 29.4 Å². The summed E-state index contributed by atoms with van der Waals surface area (Å²) in [6, 6.07) is 13.0. The van der Waals surface area contributed by atoms with Crippen LogP contribution in [0.15, 0.2) is 48.5 Å². The first-order valence-electron chi connectivity index (χ1n) is 7.62. The summed E-state index contributed by atoms with van der Waals surface area (Å²) in [5, 5.41) is 4.13. The lowest BCUT2D eigenvalue weighted by Gasteiger charge is -2.10. The number of aromatic nitrogens is 2. The Bertz CT molecular complexity index is 920. The van der Waals surface area contributed by atoms with Crippen molar-refractivity contribution in [2.75, 3.05) is 5.73 Å². The summed E-state index contributed by atoms with van der Waals surface area (Å²) in [6.45, 7) is 0.319. The average Bonchev–Trinajstić information content (AvgIpc) is 2.96. The van der Waals surface area contributed by atoms with Gasteiger partial charge in [-0.15, -0.1) is 0 Å². The maximum atomic E-state index is 12.8. The number of anilines is 1. The smallest absolute Gasteiger partial charge is 0.435 e. The molecule has 0 unspecified atom stereocenters. The van der Waals surface area contributed by atoms with Crippen LogP contribution in [0.25, 0.3) is 11.3 Å². The number of hydrogen-bond donors (Lipinski definition) is 1. The third-order valence-electron chi connectivity index (χ3n) is 3.79. The molecule has 0 amide bonds. The minimum absolute atomic E-state index is 0.277. The molecule has 136 valence electrons. The van der Waals surface area contributed by atoms with Crippen molar-refractivity contribution in [3.8, 4) is 17.0 Å². The molecular weight excluding hydrogens is 367 g/mol. The summed E-state index contributed by atoms with van der Waals surface area (Å²) >= 11 is 5.83.